The predicted octanol–water partition coefficient (Wildman–Crippen LogP) is 3.78. The number of amides is 1. The van der Waals surface area contributed by atoms with Crippen molar-refractivity contribution in [3.05, 3.63) is 63.7 Å². The number of nitrogens with one attached hydrogen (secondary N) is 2. The number of anilines is 1. The first-order valence-electron chi connectivity index (χ1n) is 8.45. The van der Waals surface area contributed by atoms with Crippen LogP contribution in [0.25, 0.3) is 0 Å². The molecular weight excluding hydrogens is 348 g/mol. The summed E-state index contributed by atoms with van der Waals surface area (Å²) in [6.45, 7) is 9.88. The minimum absolute atomic E-state index is 0.158. The lowest BCUT2D eigenvalue weighted by Crippen LogP contribution is -2.27. The number of carbonyl (C=O) groups is 1. The molecule has 0 fully saturated rings. The van der Waals surface area contributed by atoms with Crippen LogP contribution in [0.3, 0.4) is 0 Å². The van der Waals surface area contributed by atoms with Crippen molar-refractivity contribution < 1.29 is 13.2 Å². The highest BCUT2D eigenvalue weighted by Gasteiger charge is 2.16. The molecule has 0 heterocycles. The quantitative estimate of drug-likeness (QED) is 0.836. The van der Waals surface area contributed by atoms with Crippen LogP contribution in [0.2, 0.25) is 0 Å². The molecule has 0 bridgehead atoms. The van der Waals surface area contributed by atoms with Crippen molar-refractivity contribution in [1.82, 2.24) is 5.32 Å². The minimum atomic E-state index is -3.40. The minimum Gasteiger partial charge on any atom is -0.346 e. The Morgan fingerprint density at radius 1 is 0.923 bits per heavy atom. The summed E-state index contributed by atoms with van der Waals surface area (Å²) in [6, 6.07) is 9.04. The number of carbonyl (C=O) groups excluding carboxylic acids is 1. The maximum Gasteiger partial charge on any atom is 0.251 e. The van der Waals surface area contributed by atoms with Crippen LogP contribution in [0, 0.1) is 27.7 Å². The second-order valence-corrected chi connectivity index (χ2v) is 8.64. The maximum absolute atomic E-state index is 12.6. The average molecular weight is 375 g/mol. The molecule has 1 amide bonds. The normalized spacial score (nSPS) is 12.5. The molecule has 2 aromatic carbocycles. The molecule has 0 aliphatic carbocycles. The van der Waals surface area contributed by atoms with E-state index in [-0.39, 0.29) is 11.9 Å². The first-order valence-corrected chi connectivity index (χ1v) is 10.3. The van der Waals surface area contributed by atoms with Crippen LogP contribution in [0.15, 0.2) is 30.3 Å². The topological polar surface area (TPSA) is 75.3 Å². The van der Waals surface area contributed by atoms with E-state index in [1.165, 1.54) is 11.1 Å². The monoisotopic (exact) mass is 374 g/mol. The number of aryl methyl sites for hydroxylation is 4. The van der Waals surface area contributed by atoms with Crippen molar-refractivity contribution in [3.63, 3.8) is 0 Å². The van der Waals surface area contributed by atoms with Crippen molar-refractivity contribution in [3.8, 4) is 0 Å². The van der Waals surface area contributed by atoms with E-state index in [4.69, 9.17) is 0 Å². The molecule has 2 aromatic rings. The molecule has 0 saturated heterocycles. The van der Waals surface area contributed by atoms with E-state index in [9.17, 15) is 13.2 Å². The fourth-order valence-electron chi connectivity index (χ4n) is 2.88. The van der Waals surface area contributed by atoms with Gasteiger partial charge in [-0.05, 0) is 74.6 Å². The standard InChI is InChI=1S/C20H26N2O3S/c1-12-7-8-17(11-19(12)22-26(6,24)25)20(23)21-16(5)18-10-14(3)13(2)9-15(18)4/h7-11,16,22H,1-6H3,(H,21,23)/t16-/m0/s1. The predicted molar refractivity (Wildman–Crippen MR) is 106 cm³/mol. The molecule has 0 aliphatic rings. The molecule has 5 nitrogen and oxygen atoms in total. The second-order valence-electron chi connectivity index (χ2n) is 6.89. The van der Waals surface area contributed by atoms with Gasteiger partial charge in [0.05, 0.1) is 18.0 Å². The van der Waals surface area contributed by atoms with Crippen LogP contribution in [0.4, 0.5) is 5.69 Å². The van der Waals surface area contributed by atoms with Gasteiger partial charge in [0, 0.05) is 5.56 Å². The summed E-state index contributed by atoms with van der Waals surface area (Å²) in [5.41, 5.74) is 6.18. The molecule has 0 aromatic heterocycles. The lowest BCUT2D eigenvalue weighted by molar-refractivity contribution is 0.0940. The highest BCUT2D eigenvalue weighted by atomic mass is 32.2. The summed E-state index contributed by atoms with van der Waals surface area (Å²) in [5.74, 6) is -0.244. The molecule has 0 aliphatic heterocycles. The van der Waals surface area contributed by atoms with Gasteiger partial charge in [0.2, 0.25) is 10.0 Å². The Kier molecular flexibility index (Phi) is 5.76. The number of hydrogen-bond acceptors (Lipinski definition) is 3. The second kappa shape index (κ2) is 7.50. The molecule has 140 valence electrons. The Hall–Kier alpha value is -2.34. The summed E-state index contributed by atoms with van der Waals surface area (Å²) in [6.07, 6.45) is 1.09. The van der Waals surface area contributed by atoms with Crippen molar-refractivity contribution in [1.29, 1.82) is 0 Å². The third-order valence-corrected chi connectivity index (χ3v) is 5.08. The van der Waals surface area contributed by atoms with E-state index in [1.807, 2.05) is 13.8 Å². The van der Waals surface area contributed by atoms with Crippen LogP contribution in [-0.4, -0.2) is 20.6 Å². The van der Waals surface area contributed by atoms with Gasteiger partial charge < -0.3 is 5.32 Å². The molecule has 1 atom stereocenters. The van der Waals surface area contributed by atoms with E-state index in [0.717, 1.165) is 22.9 Å². The van der Waals surface area contributed by atoms with Crippen LogP contribution in [0.5, 0.6) is 0 Å². The summed E-state index contributed by atoms with van der Waals surface area (Å²) < 4.78 is 25.4. The van der Waals surface area contributed by atoms with Gasteiger partial charge in [0.25, 0.3) is 5.91 Å². The molecule has 2 rings (SSSR count). The summed E-state index contributed by atoms with van der Waals surface area (Å²) in [5, 5.41) is 2.99. The lowest BCUT2D eigenvalue weighted by atomic mass is 9.96. The van der Waals surface area contributed by atoms with E-state index in [1.54, 1.807) is 25.1 Å². The zero-order valence-corrected chi connectivity index (χ0v) is 16.9. The van der Waals surface area contributed by atoms with Gasteiger partial charge in [0.15, 0.2) is 0 Å². The van der Waals surface area contributed by atoms with Crippen LogP contribution >= 0.6 is 0 Å². The Morgan fingerprint density at radius 2 is 1.54 bits per heavy atom. The van der Waals surface area contributed by atoms with E-state index >= 15 is 0 Å². The number of rotatable bonds is 5. The molecule has 2 N–H and O–H groups in total. The lowest BCUT2D eigenvalue weighted by Gasteiger charge is -2.19. The third kappa shape index (κ3) is 4.85. The zero-order chi connectivity index (χ0) is 19.6. The van der Waals surface area contributed by atoms with Gasteiger partial charge in [-0.1, -0.05) is 18.2 Å². The van der Waals surface area contributed by atoms with Crippen LogP contribution in [0.1, 0.15) is 51.1 Å². The number of benzene rings is 2. The summed E-state index contributed by atoms with van der Waals surface area (Å²) in [7, 11) is -3.40. The van der Waals surface area contributed by atoms with Crippen molar-refractivity contribution in [2.45, 2.75) is 40.7 Å². The average Bonchev–Trinajstić information content (AvgIpc) is 2.51. The Bertz CT molecular complexity index is 950. The van der Waals surface area contributed by atoms with Gasteiger partial charge in [-0.3, -0.25) is 9.52 Å². The molecule has 0 unspecified atom stereocenters. The third-order valence-electron chi connectivity index (χ3n) is 4.49. The van der Waals surface area contributed by atoms with E-state index in [0.29, 0.717) is 11.3 Å². The summed E-state index contributed by atoms with van der Waals surface area (Å²) in [4.78, 5) is 12.6. The molecule has 26 heavy (non-hydrogen) atoms. The largest absolute Gasteiger partial charge is 0.346 e. The Labute approximate surface area is 155 Å². The highest BCUT2D eigenvalue weighted by molar-refractivity contribution is 7.92. The fraction of sp³-hybridized carbons (Fsp3) is 0.350. The van der Waals surface area contributed by atoms with Crippen molar-refractivity contribution in [2.75, 3.05) is 11.0 Å². The number of sulfonamides is 1. The van der Waals surface area contributed by atoms with Gasteiger partial charge in [0.1, 0.15) is 0 Å². The molecular formula is C20H26N2O3S. The molecule has 0 radical (unpaired) electrons. The molecule has 6 heteroatoms. The van der Waals surface area contributed by atoms with Gasteiger partial charge in [-0.2, -0.15) is 0 Å². The Balaban J connectivity index is 2.25. The van der Waals surface area contributed by atoms with Crippen LogP contribution < -0.4 is 10.0 Å². The van der Waals surface area contributed by atoms with Crippen molar-refractivity contribution >= 4 is 21.6 Å². The first kappa shape index (κ1) is 20.0. The van der Waals surface area contributed by atoms with E-state index < -0.39 is 10.0 Å². The SMILES string of the molecule is Cc1cc(C)c([C@H](C)NC(=O)c2ccc(C)c(NS(C)(=O)=O)c2)cc1C. The van der Waals surface area contributed by atoms with E-state index in [2.05, 4.69) is 36.0 Å². The van der Waals surface area contributed by atoms with Gasteiger partial charge in [-0.15, -0.1) is 0 Å². The Morgan fingerprint density at radius 3 is 2.15 bits per heavy atom. The zero-order valence-electron chi connectivity index (χ0n) is 16.1. The van der Waals surface area contributed by atoms with Crippen molar-refractivity contribution in [2.24, 2.45) is 0 Å². The fourth-order valence-corrected chi connectivity index (χ4v) is 3.50. The number of hydrogen-bond donors (Lipinski definition) is 2. The molecule has 0 saturated carbocycles. The summed E-state index contributed by atoms with van der Waals surface area (Å²) >= 11 is 0. The van der Waals surface area contributed by atoms with Gasteiger partial charge in [-0.25, -0.2) is 8.42 Å². The smallest absolute Gasteiger partial charge is 0.251 e. The van der Waals surface area contributed by atoms with Gasteiger partial charge >= 0.3 is 0 Å². The molecule has 0 spiro atoms. The maximum atomic E-state index is 12.6. The highest BCUT2D eigenvalue weighted by Crippen LogP contribution is 2.23. The van der Waals surface area contributed by atoms with Crippen LogP contribution in [-0.2, 0) is 10.0 Å². The first-order chi connectivity index (χ1) is 12.0.